The maximum atomic E-state index is 2.78. The molecule has 394 valence electrons. The summed E-state index contributed by atoms with van der Waals surface area (Å²) >= 11 is 0. The summed E-state index contributed by atoms with van der Waals surface area (Å²) in [7, 11) is 0. The summed E-state index contributed by atoms with van der Waals surface area (Å²) in [5.74, 6) is 0.376. The second-order valence-corrected chi connectivity index (χ2v) is 25.6. The average molecular weight is 1050 g/mol. The molecule has 1 fully saturated rings. The van der Waals surface area contributed by atoms with Gasteiger partial charge in [-0.15, -0.1) is 0 Å². The van der Waals surface area contributed by atoms with Gasteiger partial charge in [0.2, 0.25) is 0 Å². The lowest BCUT2D eigenvalue weighted by molar-refractivity contribution is 0.670. The van der Waals surface area contributed by atoms with Gasteiger partial charge in [-0.3, -0.25) is 0 Å². The minimum Gasteiger partial charge on any atom is -0.334 e. The molecule has 1 nitrogen and oxygen atoms in total. The topological polar surface area (TPSA) is 3.24 Å². The summed E-state index contributed by atoms with van der Waals surface area (Å²) in [4.78, 5) is 2.77. The maximum absolute atomic E-state index is 2.78. The average Bonchev–Trinajstić information content (AvgIpc) is 1.65. The minimum absolute atomic E-state index is 0.0745. The molecule has 0 N–H and O–H groups in total. The van der Waals surface area contributed by atoms with Gasteiger partial charge in [-0.25, -0.2) is 0 Å². The van der Waals surface area contributed by atoms with Crippen molar-refractivity contribution in [2.45, 2.75) is 107 Å². The Balaban J connectivity index is 0.795. The normalized spacial score (nSPS) is 26.0. The van der Waals surface area contributed by atoms with Gasteiger partial charge in [-0.2, -0.15) is 0 Å². The van der Waals surface area contributed by atoms with Crippen LogP contribution in [0.15, 0.2) is 285 Å². The quantitative estimate of drug-likeness (QED) is 0.173. The van der Waals surface area contributed by atoms with Crippen LogP contribution in [0.1, 0.15) is 129 Å². The summed E-state index contributed by atoms with van der Waals surface area (Å²) in [6.07, 6.45) is 56.0. The summed E-state index contributed by atoms with van der Waals surface area (Å²) < 4.78 is 0. The van der Waals surface area contributed by atoms with E-state index in [1.54, 1.807) is 61.3 Å². The van der Waals surface area contributed by atoms with E-state index in [-0.39, 0.29) is 22.3 Å². The standard InChI is InChI=1S/C81H65N/c1-10-28-67-55(19-1)56-20-2-11-29-68(56)79(67)73-34-16-7-25-61(73)64-44-39-51(47-76(64)79)50-37-40-52(41-38-50)82(53-42-45-65-62-26-8-17-35-74(62)80(77(65)48-53)69-30-12-3-21-57(69)58-22-4-13-31-70(58)80)54-43-46-66-63-27-9-18-36-75(63)81(78(66)49-54)71-32-14-5-23-59(71)60-24-6-15-33-72(60)81/h3-5,8-14,16,18,21-24,26,28-34,36-38,40-42,45-49,54,63H,1-2,6-7,15,17,19-20,25,27,35,39,43-44H2. The number of nitrogens with zero attached hydrogens (tertiary/aromatic N) is 1. The first-order valence-corrected chi connectivity index (χ1v) is 31.3. The van der Waals surface area contributed by atoms with E-state index in [0.717, 1.165) is 77.0 Å². The minimum atomic E-state index is -0.350. The fraction of sp³-hybridized carbons (Fsp3) is 0.235. The maximum Gasteiger partial charge on any atom is 0.0712 e. The highest BCUT2D eigenvalue weighted by Gasteiger charge is 2.60. The molecule has 14 aliphatic rings. The van der Waals surface area contributed by atoms with Crippen molar-refractivity contribution >= 4 is 28.1 Å². The van der Waals surface area contributed by atoms with E-state index >= 15 is 0 Å². The number of rotatable bonds is 4. The van der Waals surface area contributed by atoms with E-state index in [1.165, 1.54) is 102 Å². The summed E-state index contributed by atoms with van der Waals surface area (Å²) in [5, 5.41) is 0. The predicted octanol–water partition coefficient (Wildman–Crippen LogP) is 19.9. The van der Waals surface area contributed by atoms with Crippen LogP contribution in [0.25, 0.3) is 27.8 Å². The molecule has 19 rings (SSSR count). The molecule has 0 bridgehead atoms. The summed E-state index contributed by atoms with van der Waals surface area (Å²) in [5.41, 5.74) is 39.4. The second-order valence-electron chi connectivity index (χ2n) is 25.6. The molecule has 0 aliphatic heterocycles. The van der Waals surface area contributed by atoms with Crippen molar-refractivity contribution in [2.75, 3.05) is 4.90 Å². The van der Waals surface area contributed by atoms with E-state index < -0.39 is 0 Å². The number of hydrogen-bond donors (Lipinski definition) is 0. The van der Waals surface area contributed by atoms with E-state index in [9.17, 15) is 0 Å². The second kappa shape index (κ2) is 16.9. The number of fused-ring (bicyclic) bond motifs is 25. The number of benzene rings is 5. The Kier molecular flexibility index (Phi) is 9.57. The lowest BCUT2D eigenvalue weighted by atomic mass is 9.64. The molecule has 82 heavy (non-hydrogen) atoms. The zero-order valence-corrected chi connectivity index (χ0v) is 46.7. The van der Waals surface area contributed by atoms with E-state index in [0.29, 0.717) is 5.92 Å². The molecule has 3 atom stereocenters. The fourth-order valence-electron chi connectivity index (χ4n) is 19.5. The molecule has 0 aromatic heterocycles. The van der Waals surface area contributed by atoms with E-state index in [2.05, 4.69) is 217 Å². The van der Waals surface area contributed by atoms with Gasteiger partial charge in [0.25, 0.3) is 0 Å². The molecular weight excluding hydrogens is 987 g/mol. The van der Waals surface area contributed by atoms with Gasteiger partial charge in [-0.1, -0.05) is 188 Å². The van der Waals surface area contributed by atoms with Crippen molar-refractivity contribution in [1.29, 1.82) is 0 Å². The first-order valence-electron chi connectivity index (χ1n) is 31.3. The van der Waals surface area contributed by atoms with Crippen molar-refractivity contribution in [3.63, 3.8) is 0 Å². The third-order valence-corrected chi connectivity index (χ3v) is 22.3. The molecule has 0 heterocycles. The highest BCUT2D eigenvalue weighted by atomic mass is 15.2. The Morgan fingerprint density at radius 2 is 1.06 bits per heavy atom. The molecule has 3 unspecified atom stereocenters. The SMILES string of the molecule is C1=CCC2C3=CCC(N(c4ccc(C5=CC6=C(CC5)C5=C(C=CCC5)C65C6=C(CCC=C6)C6=C5C=CCC6)cc4)c4ccc5c(c4)C4(C6=C5C=CCC6)c5ccccc5-c5ccccc54)C=C3C3(C4=CCCC=C4c4ccccc43)C2=C1. The Bertz CT molecular complexity index is 4270. The molecule has 3 spiro atoms. The van der Waals surface area contributed by atoms with Gasteiger partial charge in [-0.05, 0) is 253 Å². The smallest absolute Gasteiger partial charge is 0.0712 e. The number of hydrogen-bond acceptors (Lipinski definition) is 1. The molecule has 0 radical (unpaired) electrons. The summed E-state index contributed by atoms with van der Waals surface area (Å²) in [6, 6.07) is 45.9. The van der Waals surface area contributed by atoms with Gasteiger partial charge in [0.1, 0.15) is 0 Å². The lowest BCUT2D eigenvalue weighted by Gasteiger charge is -2.39. The van der Waals surface area contributed by atoms with Crippen molar-refractivity contribution in [2.24, 2.45) is 11.3 Å². The van der Waals surface area contributed by atoms with Crippen LogP contribution >= 0.6 is 0 Å². The zero-order valence-electron chi connectivity index (χ0n) is 46.7. The van der Waals surface area contributed by atoms with Crippen molar-refractivity contribution in [3.05, 3.63) is 324 Å². The Labute approximate surface area is 483 Å². The summed E-state index contributed by atoms with van der Waals surface area (Å²) in [6.45, 7) is 0. The van der Waals surface area contributed by atoms with Crippen LogP contribution in [0.4, 0.5) is 11.4 Å². The number of anilines is 2. The monoisotopic (exact) mass is 1050 g/mol. The molecule has 5 aromatic rings. The molecule has 14 aliphatic carbocycles. The van der Waals surface area contributed by atoms with Crippen LogP contribution in [0.5, 0.6) is 0 Å². The highest BCUT2D eigenvalue weighted by Crippen LogP contribution is 2.71. The molecule has 5 aromatic carbocycles. The highest BCUT2D eigenvalue weighted by molar-refractivity contribution is 5.99. The molecule has 1 heteroatoms. The molecular formula is C81H65N. The van der Waals surface area contributed by atoms with Crippen LogP contribution in [0.2, 0.25) is 0 Å². The number of allylic oxidation sites excluding steroid dienone is 30. The molecule has 1 saturated carbocycles. The first kappa shape index (κ1) is 46.4. The van der Waals surface area contributed by atoms with Gasteiger partial charge in [0.15, 0.2) is 0 Å². The first-order chi connectivity index (χ1) is 40.7. The zero-order chi connectivity index (χ0) is 53.5. The van der Waals surface area contributed by atoms with Crippen molar-refractivity contribution in [3.8, 4) is 11.1 Å². The van der Waals surface area contributed by atoms with Crippen molar-refractivity contribution in [1.82, 2.24) is 0 Å². The van der Waals surface area contributed by atoms with Crippen LogP contribution in [0.3, 0.4) is 0 Å². The predicted molar refractivity (Wildman–Crippen MR) is 338 cm³/mol. The Morgan fingerprint density at radius 3 is 1.78 bits per heavy atom. The van der Waals surface area contributed by atoms with E-state index in [1.807, 2.05) is 0 Å². The van der Waals surface area contributed by atoms with E-state index in [4.69, 9.17) is 0 Å². The van der Waals surface area contributed by atoms with Crippen LogP contribution in [0, 0.1) is 11.3 Å². The van der Waals surface area contributed by atoms with Gasteiger partial charge >= 0.3 is 0 Å². The van der Waals surface area contributed by atoms with Gasteiger partial charge < -0.3 is 4.90 Å². The van der Waals surface area contributed by atoms with Crippen LogP contribution < -0.4 is 4.90 Å². The molecule has 0 saturated heterocycles. The van der Waals surface area contributed by atoms with Crippen LogP contribution in [-0.4, -0.2) is 6.04 Å². The Morgan fingerprint density at radius 1 is 0.439 bits per heavy atom. The largest absolute Gasteiger partial charge is 0.334 e. The van der Waals surface area contributed by atoms with Gasteiger partial charge in [0, 0.05) is 17.3 Å². The van der Waals surface area contributed by atoms with Crippen molar-refractivity contribution < 1.29 is 0 Å². The molecule has 0 amide bonds. The van der Waals surface area contributed by atoms with Gasteiger partial charge in [0.05, 0.1) is 22.3 Å². The van der Waals surface area contributed by atoms with Crippen LogP contribution in [-0.2, 0) is 10.8 Å². The lowest BCUT2D eigenvalue weighted by Crippen LogP contribution is -2.34. The fourth-order valence-corrected chi connectivity index (χ4v) is 19.5. The Hall–Kier alpha value is -8.26. The third-order valence-electron chi connectivity index (χ3n) is 22.3. The third kappa shape index (κ3) is 5.66.